The van der Waals surface area contributed by atoms with Crippen molar-refractivity contribution < 1.29 is 4.39 Å². The van der Waals surface area contributed by atoms with E-state index in [-0.39, 0.29) is 5.82 Å². The minimum atomic E-state index is -0.143. The molecule has 0 heterocycles. The van der Waals surface area contributed by atoms with Crippen molar-refractivity contribution in [3.05, 3.63) is 47.8 Å². The van der Waals surface area contributed by atoms with Crippen LogP contribution in [0.2, 0.25) is 0 Å². The molecule has 2 nitrogen and oxygen atoms in total. The molecule has 18 heavy (non-hydrogen) atoms. The molecule has 0 aliphatic carbocycles. The van der Waals surface area contributed by atoms with Crippen LogP contribution in [0.3, 0.4) is 0 Å². The number of hydrogen-bond acceptors (Lipinski definition) is 2. The first-order valence-electron chi connectivity index (χ1n) is 6.31. The van der Waals surface area contributed by atoms with Gasteiger partial charge in [-0.3, -0.25) is 4.90 Å². The summed E-state index contributed by atoms with van der Waals surface area (Å²) in [5, 5.41) is 3.33. The fourth-order valence-electron chi connectivity index (χ4n) is 1.76. The zero-order chi connectivity index (χ0) is 13.5. The Morgan fingerprint density at radius 3 is 2.67 bits per heavy atom. The zero-order valence-electron chi connectivity index (χ0n) is 11.5. The Hall–Kier alpha value is -1.19. The van der Waals surface area contributed by atoms with Gasteiger partial charge in [0.15, 0.2) is 0 Å². The van der Waals surface area contributed by atoms with E-state index in [9.17, 15) is 4.39 Å². The molecular weight excluding hydrogens is 227 g/mol. The Kier molecular flexibility index (Phi) is 6.02. The van der Waals surface area contributed by atoms with Gasteiger partial charge in [-0.2, -0.15) is 0 Å². The van der Waals surface area contributed by atoms with Crippen LogP contribution in [0.15, 0.2) is 36.4 Å². The van der Waals surface area contributed by atoms with Crippen molar-refractivity contribution in [2.24, 2.45) is 0 Å². The van der Waals surface area contributed by atoms with E-state index in [0.29, 0.717) is 12.6 Å². The Morgan fingerprint density at radius 2 is 2.06 bits per heavy atom. The summed E-state index contributed by atoms with van der Waals surface area (Å²) in [6.07, 6.45) is 0. The molecule has 0 saturated heterocycles. The highest BCUT2D eigenvalue weighted by molar-refractivity contribution is 5.17. The van der Waals surface area contributed by atoms with Crippen LogP contribution < -0.4 is 5.32 Å². The topological polar surface area (TPSA) is 15.3 Å². The normalized spacial score (nSPS) is 11.2. The van der Waals surface area contributed by atoms with E-state index in [2.05, 4.69) is 30.6 Å². The number of nitrogens with zero attached hydrogens (tertiary/aromatic N) is 1. The maximum atomic E-state index is 13.5. The number of nitrogens with one attached hydrogen (secondary N) is 1. The molecule has 1 N–H and O–H groups in total. The lowest BCUT2D eigenvalue weighted by Gasteiger charge is -2.19. The van der Waals surface area contributed by atoms with Gasteiger partial charge < -0.3 is 5.32 Å². The summed E-state index contributed by atoms with van der Waals surface area (Å²) in [6, 6.07) is 7.35. The first-order valence-corrected chi connectivity index (χ1v) is 6.31. The highest BCUT2D eigenvalue weighted by Gasteiger charge is 2.06. The Morgan fingerprint density at radius 1 is 1.39 bits per heavy atom. The second-order valence-electron chi connectivity index (χ2n) is 5.05. The third kappa shape index (κ3) is 5.43. The van der Waals surface area contributed by atoms with E-state index < -0.39 is 0 Å². The second kappa shape index (κ2) is 7.29. The van der Waals surface area contributed by atoms with Crippen LogP contribution in [0.1, 0.15) is 19.4 Å². The molecule has 0 aromatic heterocycles. The first kappa shape index (κ1) is 14.9. The Balaban J connectivity index is 2.40. The molecule has 1 rings (SSSR count). The van der Waals surface area contributed by atoms with Crippen molar-refractivity contribution in [1.82, 2.24) is 10.2 Å². The van der Waals surface area contributed by atoms with Gasteiger partial charge in [-0.15, -0.1) is 0 Å². The van der Waals surface area contributed by atoms with E-state index in [4.69, 9.17) is 0 Å². The Bertz CT molecular complexity index is 388. The molecule has 3 heteroatoms. The lowest BCUT2D eigenvalue weighted by Crippen LogP contribution is -2.29. The molecule has 0 radical (unpaired) electrons. The second-order valence-corrected chi connectivity index (χ2v) is 5.05. The maximum Gasteiger partial charge on any atom is 0.127 e. The molecule has 0 saturated carbocycles. The summed E-state index contributed by atoms with van der Waals surface area (Å²) in [5.74, 6) is -0.143. The van der Waals surface area contributed by atoms with Crippen molar-refractivity contribution in [2.45, 2.75) is 26.4 Å². The van der Waals surface area contributed by atoms with Crippen molar-refractivity contribution in [2.75, 3.05) is 20.1 Å². The number of likely N-dealkylation sites (N-methyl/N-ethyl adjacent to an activating group) is 1. The van der Waals surface area contributed by atoms with Crippen molar-refractivity contribution in [1.29, 1.82) is 0 Å². The molecule has 0 unspecified atom stereocenters. The highest BCUT2D eigenvalue weighted by atomic mass is 19.1. The quantitative estimate of drug-likeness (QED) is 0.749. The fourth-order valence-corrected chi connectivity index (χ4v) is 1.76. The molecule has 1 aromatic rings. The molecule has 0 amide bonds. The maximum absolute atomic E-state index is 13.5. The van der Waals surface area contributed by atoms with E-state index in [1.165, 1.54) is 6.07 Å². The van der Waals surface area contributed by atoms with Gasteiger partial charge in [0.2, 0.25) is 0 Å². The summed E-state index contributed by atoms with van der Waals surface area (Å²) in [5.41, 5.74) is 1.84. The van der Waals surface area contributed by atoms with Crippen LogP contribution in [0.5, 0.6) is 0 Å². The van der Waals surface area contributed by atoms with Gasteiger partial charge in [0.05, 0.1) is 0 Å². The van der Waals surface area contributed by atoms with Gasteiger partial charge in [0, 0.05) is 31.2 Å². The predicted molar refractivity (Wildman–Crippen MR) is 75.0 cm³/mol. The summed E-state index contributed by atoms with van der Waals surface area (Å²) in [7, 11) is 1.98. The van der Waals surface area contributed by atoms with Crippen LogP contribution in [0.4, 0.5) is 4.39 Å². The molecule has 0 atom stereocenters. The van der Waals surface area contributed by atoms with Crippen LogP contribution in [0.25, 0.3) is 0 Å². The summed E-state index contributed by atoms with van der Waals surface area (Å²) >= 11 is 0. The Labute approximate surface area is 110 Å². The SMILES string of the molecule is C=C(CNC(C)C)CN(C)Cc1ccccc1F. The fraction of sp³-hybridized carbons (Fsp3) is 0.467. The minimum absolute atomic E-state index is 0.143. The molecule has 0 spiro atoms. The molecule has 1 aromatic carbocycles. The average Bonchev–Trinajstić information content (AvgIpc) is 2.29. The van der Waals surface area contributed by atoms with Crippen LogP contribution in [-0.4, -0.2) is 31.1 Å². The van der Waals surface area contributed by atoms with Gasteiger partial charge in [0.1, 0.15) is 5.82 Å². The van der Waals surface area contributed by atoms with E-state index in [1.54, 1.807) is 6.07 Å². The van der Waals surface area contributed by atoms with Gasteiger partial charge in [-0.1, -0.05) is 38.6 Å². The largest absolute Gasteiger partial charge is 0.311 e. The van der Waals surface area contributed by atoms with Crippen molar-refractivity contribution >= 4 is 0 Å². The van der Waals surface area contributed by atoms with Crippen LogP contribution in [-0.2, 0) is 6.54 Å². The molecule has 0 aliphatic heterocycles. The molecule has 0 aliphatic rings. The van der Waals surface area contributed by atoms with E-state index in [1.807, 2.05) is 19.2 Å². The van der Waals surface area contributed by atoms with Gasteiger partial charge in [-0.05, 0) is 18.7 Å². The third-order valence-corrected chi connectivity index (χ3v) is 2.65. The highest BCUT2D eigenvalue weighted by Crippen LogP contribution is 2.09. The number of halogens is 1. The summed E-state index contributed by atoms with van der Waals surface area (Å²) in [4.78, 5) is 2.07. The van der Waals surface area contributed by atoms with E-state index >= 15 is 0 Å². The zero-order valence-corrected chi connectivity index (χ0v) is 11.5. The standard InChI is InChI=1S/C15H23FN2/c1-12(2)17-9-13(3)10-18(4)11-14-7-5-6-8-15(14)16/h5-8,12,17H,3,9-11H2,1-2,4H3. The number of hydrogen-bond donors (Lipinski definition) is 1. The van der Waals surface area contributed by atoms with Crippen LogP contribution >= 0.6 is 0 Å². The predicted octanol–water partition coefficient (Wildman–Crippen LogP) is 2.81. The van der Waals surface area contributed by atoms with E-state index in [0.717, 1.165) is 24.2 Å². The average molecular weight is 250 g/mol. The van der Waals surface area contributed by atoms with Crippen molar-refractivity contribution in [3.8, 4) is 0 Å². The lowest BCUT2D eigenvalue weighted by molar-refractivity contribution is 0.344. The molecular formula is C15H23FN2. The smallest absolute Gasteiger partial charge is 0.127 e. The monoisotopic (exact) mass is 250 g/mol. The van der Waals surface area contributed by atoms with Gasteiger partial charge in [-0.25, -0.2) is 4.39 Å². The summed E-state index contributed by atoms with van der Waals surface area (Å²) in [6.45, 7) is 10.4. The molecule has 0 bridgehead atoms. The lowest BCUT2D eigenvalue weighted by atomic mass is 10.2. The van der Waals surface area contributed by atoms with Crippen LogP contribution in [0, 0.1) is 5.82 Å². The first-order chi connectivity index (χ1) is 8.49. The number of benzene rings is 1. The minimum Gasteiger partial charge on any atom is -0.311 e. The van der Waals surface area contributed by atoms with Gasteiger partial charge in [0.25, 0.3) is 0 Å². The summed E-state index contributed by atoms with van der Waals surface area (Å²) < 4.78 is 13.5. The van der Waals surface area contributed by atoms with Crippen molar-refractivity contribution in [3.63, 3.8) is 0 Å². The molecule has 0 fully saturated rings. The number of rotatable bonds is 7. The van der Waals surface area contributed by atoms with Gasteiger partial charge >= 0.3 is 0 Å². The molecule has 100 valence electrons. The third-order valence-electron chi connectivity index (χ3n) is 2.65.